The fraction of sp³-hybridized carbons (Fsp3) is 0.333. The first-order chi connectivity index (χ1) is 20.7. The van der Waals surface area contributed by atoms with Gasteiger partial charge in [-0.25, -0.2) is 15.0 Å². The van der Waals surface area contributed by atoms with Crippen LogP contribution in [0.3, 0.4) is 0 Å². The summed E-state index contributed by atoms with van der Waals surface area (Å²) >= 11 is 0. The number of methoxy groups -OCH3 is 1. The van der Waals surface area contributed by atoms with Crippen molar-refractivity contribution in [2.45, 2.75) is 60.3 Å². The van der Waals surface area contributed by atoms with Crippen LogP contribution in [0.5, 0.6) is 0 Å². The molecule has 1 aliphatic carbocycles. The van der Waals surface area contributed by atoms with Crippen molar-refractivity contribution in [3.63, 3.8) is 0 Å². The highest BCUT2D eigenvalue weighted by atomic mass is 16.5. The zero-order valence-corrected chi connectivity index (χ0v) is 25.8. The van der Waals surface area contributed by atoms with Crippen LogP contribution in [0.4, 0.5) is 0 Å². The molecule has 7 nitrogen and oxygen atoms in total. The van der Waals surface area contributed by atoms with Gasteiger partial charge in [-0.3, -0.25) is 4.79 Å². The minimum absolute atomic E-state index is 0.0221. The molecule has 1 saturated heterocycles. The van der Waals surface area contributed by atoms with Crippen LogP contribution in [-0.4, -0.2) is 35.3 Å². The second-order valence-corrected chi connectivity index (χ2v) is 11.7. The molecule has 8 bridgehead atoms. The molecule has 0 unspecified atom stereocenters. The van der Waals surface area contributed by atoms with Gasteiger partial charge in [0, 0.05) is 52.8 Å². The van der Waals surface area contributed by atoms with E-state index in [1.807, 2.05) is 13.0 Å². The Morgan fingerprint density at radius 3 is 2.56 bits per heavy atom. The van der Waals surface area contributed by atoms with Gasteiger partial charge in [-0.05, 0) is 74.1 Å². The topological polar surface area (TPSA) is 95.6 Å². The van der Waals surface area contributed by atoms with Crippen molar-refractivity contribution in [2.24, 2.45) is 26.8 Å². The quantitative estimate of drug-likeness (QED) is 0.256. The van der Waals surface area contributed by atoms with Crippen molar-refractivity contribution < 1.29 is 14.6 Å². The van der Waals surface area contributed by atoms with Crippen molar-refractivity contribution in [1.82, 2.24) is 5.32 Å². The molecule has 0 spiro atoms. The average Bonchev–Trinajstić information content (AvgIpc) is 3.73. The fourth-order valence-corrected chi connectivity index (χ4v) is 6.87. The maximum absolute atomic E-state index is 12.2. The Kier molecular flexibility index (Phi) is 7.28. The zero-order valence-electron chi connectivity index (χ0n) is 25.8. The number of aliphatic hydroxyl groups is 1. The van der Waals surface area contributed by atoms with Crippen molar-refractivity contribution in [3.8, 4) is 0 Å². The number of rotatable bonds is 6. The number of carbonyl (C=O) groups is 1. The molecule has 2 atom stereocenters. The third-order valence-electron chi connectivity index (χ3n) is 9.39. The van der Waals surface area contributed by atoms with Crippen LogP contribution in [-0.2, 0) is 9.53 Å². The molecule has 7 heteroatoms. The van der Waals surface area contributed by atoms with Gasteiger partial charge < -0.3 is 15.2 Å². The first kappa shape index (κ1) is 28.6. The lowest BCUT2D eigenvalue weighted by Gasteiger charge is -2.17. The molecule has 220 valence electrons. The number of aliphatic hydroxyl groups excluding tert-OH is 1. The lowest BCUT2D eigenvalue weighted by molar-refractivity contribution is -0.140. The van der Waals surface area contributed by atoms with E-state index in [4.69, 9.17) is 19.7 Å². The van der Waals surface area contributed by atoms with Gasteiger partial charge in [0.05, 0.1) is 41.3 Å². The minimum Gasteiger partial charge on any atom is -0.511 e. The van der Waals surface area contributed by atoms with Crippen molar-refractivity contribution in [3.05, 3.63) is 116 Å². The normalized spacial score (nSPS) is 24.5. The predicted octanol–water partition coefficient (Wildman–Crippen LogP) is 7.35. The molecular weight excluding hydrogens is 536 g/mol. The van der Waals surface area contributed by atoms with E-state index in [1.165, 1.54) is 12.7 Å². The second kappa shape index (κ2) is 11.0. The van der Waals surface area contributed by atoms with E-state index in [9.17, 15) is 9.90 Å². The van der Waals surface area contributed by atoms with E-state index < -0.39 is 0 Å². The van der Waals surface area contributed by atoms with Gasteiger partial charge in [-0.2, -0.15) is 0 Å². The molecule has 2 N–H and O–H groups in total. The summed E-state index contributed by atoms with van der Waals surface area (Å²) < 4.78 is 4.99. The highest BCUT2D eigenvalue weighted by Gasteiger charge is 2.41. The van der Waals surface area contributed by atoms with Crippen LogP contribution < -0.4 is 5.32 Å². The molecule has 0 radical (unpaired) electrons. The first-order valence-electron chi connectivity index (χ1n) is 15.0. The molecule has 43 heavy (non-hydrogen) atoms. The van der Waals surface area contributed by atoms with Gasteiger partial charge >= 0.3 is 5.97 Å². The van der Waals surface area contributed by atoms with Crippen molar-refractivity contribution in [2.75, 3.05) is 7.11 Å². The summed E-state index contributed by atoms with van der Waals surface area (Å²) in [5.74, 6) is 0.202. The average molecular weight is 575 g/mol. The van der Waals surface area contributed by atoms with E-state index in [0.29, 0.717) is 25.0 Å². The molecule has 0 aromatic heterocycles. The molecule has 6 aliphatic rings. The lowest BCUT2D eigenvalue weighted by atomic mass is 9.86. The number of nitrogens with one attached hydrogen (secondary N) is 1. The molecule has 1 fully saturated rings. The zero-order chi connectivity index (χ0) is 30.6. The van der Waals surface area contributed by atoms with Crippen molar-refractivity contribution in [1.29, 1.82) is 0 Å². The highest BCUT2D eigenvalue weighted by molar-refractivity contribution is 6.21. The molecule has 5 aliphatic heterocycles. The third-order valence-corrected chi connectivity index (χ3v) is 9.39. The van der Waals surface area contributed by atoms with E-state index >= 15 is 0 Å². The first-order valence-corrected chi connectivity index (χ1v) is 15.0. The summed E-state index contributed by atoms with van der Waals surface area (Å²) in [5, 5.41) is 14.9. The number of hydrogen-bond acceptors (Lipinski definition) is 7. The largest absolute Gasteiger partial charge is 0.511 e. The maximum atomic E-state index is 12.2. The van der Waals surface area contributed by atoms with Crippen LogP contribution in [0.25, 0.3) is 0 Å². The number of allylic oxidation sites excluding steroid dienone is 14. The fourth-order valence-electron chi connectivity index (χ4n) is 6.87. The van der Waals surface area contributed by atoms with Crippen LogP contribution >= 0.6 is 0 Å². The Hall–Kier alpha value is -4.52. The summed E-state index contributed by atoms with van der Waals surface area (Å²) in [6, 6.07) is 0. The number of nitrogens with zero attached hydrogens (tertiary/aromatic N) is 3. The Morgan fingerprint density at radius 2 is 1.84 bits per heavy atom. The summed E-state index contributed by atoms with van der Waals surface area (Å²) in [5.41, 5.74) is 14.3. The van der Waals surface area contributed by atoms with Gasteiger partial charge in [-0.15, -0.1) is 0 Å². The molecule has 0 aromatic rings. The van der Waals surface area contributed by atoms with E-state index in [0.717, 1.165) is 85.5 Å². The molecule has 0 saturated carbocycles. The van der Waals surface area contributed by atoms with Gasteiger partial charge in [-0.1, -0.05) is 38.7 Å². The summed E-state index contributed by atoms with van der Waals surface area (Å²) in [7, 11) is 1.42. The molecule has 0 aromatic carbocycles. The van der Waals surface area contributed by atoms with E-state index in [2.05, 4.69) is 63.9 Å². The number of esters is 1. The molecule has 5 heterocycles. The molecular formula is C36H38N4O3. The Morgan fingerprint density at radius 1 is 1.09 bits per heavy atom. The maximum Gasteiger partial charge on any atom is 0.305 e. The Balaban J connectivity index is 1.60. The Bertz CT molecular complexity index is 1760. The van der Waals surface area contributed by atoms with Crippen LogP contribution in [0.1, 0.15) is 60.3 Å². The summed E-state index contributed by atoms with van der Waals surface area (Å²) in [4.78, 5) is 27.5. The second-order valence-electron chi connectivity index (χ2n) is 11.7. The monoisotopic (exact) mass is 574 g/mol. The number of ether oxygens (including phenoxy) is 1. The van der Waals surface area contributed by atoms with Gasteiger partial charge in [0.2, 0.25) is 0 Å². The van der Waals surface area contributed by atoms with E-state index in [-0.39, 0.29) is 17.8 Å². The van der Waals surface area contributed by atoms with E-state index in [1.54, 1.807) is 6.08 Å². The predicted molar refractivity (Wildman–Crippen MR) is 173 cm³/mol. The number of fused-ring (bicyclic) bond motifs is 5. The van der Waals surface area contributed by atoms with Crippen LogP contribution in [0, 0.1) is 11.8 Å². The number of carbonyl (C=O) groups excluding carboxylic acids is 1. The molecule has 0 amide bonds. The lowest BCUT2D eigenvalue weighted by Crippen LogP contribution is -2.16. The summed E-state index contributed by atoms with van der Waals surface area (Å²) in [6.45, 7) is 14.4. The third kappa shape index (κ3) is 4.67. The van der Waals surface area contributed by atoms with Crippen molar-refractivity contribution >= 4 is 23.1 Å². The SMILES string of the molecule is C=C/C=C\C1=C(C)C2=NC1=CC1=NC(=CC3=C(C)C4=C(O)CC(=C5NC(=C2)[C@@H](C)[C@@H]5CCC(=O)OC)C4=N3)C(CC)=C1C. The smallest absolute Gasteiger partial charge is 0.305 e. The molecule has 6 rings (SSSR count). The van der Waals surface area contributed by atoms with Gasteiger partial charge in [0.25, 0.3) is 0 Å². The number of aliphatic imine (C=N–C) groups is 3. The van der Waals surface area contributed by atoms with Gasteiger partial charge in [0.1, 0.15) is 5.76 Å². The number of hydrogen-bond donors (Lipinski definition) is 2. The summed E-state index contributed by atoms with van der Waals surface area (Å²) in [6.07, 6.45) is 14.2. The van der Waals surface area contributed by atoms with Crippen LogP contribution in [0.2, 0.25) is 0 Å². The Labute approximate surface area is 253 Å². The van der Waals surface area contributed by atoms with Crippen LogP contribution in [0.15, 0.2) is 131 Å². The minimum atomic E-state index is -0.233. The van der Waals surface area contributed by atoms with Gasteiger partial charge in [0.15, 0.2) is 0 Å². The standard InChI is InChI=1S/C36H38N4O3/c1-8-10-11-23-19(4)26-15-28-20(5)24(12-13-33(42)43-7)35(39-28)25-14-32(41)34-21(6)29(40-36(25)34)17-30-22(9-2)18(3)27(37-30)16-31(23)38-26/h8,10-11,15-17,20,24,39,41H,1,9,12-14H2,2-7H3/b11-10-,28-15?,30-17?,31-16?,35-25?/t20-,24-/m0/s1. The highest BCUT2D eigenvalue weighted by Crippen LogP contribution is 2.46.